The summed E-state index contributed by atoms with van der Waals surface area (Å²) in [6.45, 7) is 1.06. The summed E-state index contributed by atoms with van der Waals surface area (Å²) in [7, 11) is 5.36. The van der Waals surface area contributed by atoms with Crippen molar-refractivity contribution in [3.05, 3.63) is 65.5 Å². The summed E-state index contributed by atoms with van der Waals surface area (Å²) in [5, 5.41) is 0. The fourth-order valence-electron chi connectivity index (χ4n) is 3.75. The minimum atomic E-state index is -1.17. The molecule has 0 bridgehead atoms. The first-order valence-corrected chi connectivity index (χ1v) is 9.76. The molecule has 1 heterocycles. The fourth-order valence-corrected chi connectivity index (χ4v) is 3.75. The minimum absolute atomic E-state index is 0.323. The third-order valence-corrected chi connectivity index (χ3v) is 5.28. The van der Waals surface area contributed by atoms with Crippen molar-refractivity contribution in [3.8, 4) is 5.75 Å². The van der Waals surface area contributed by atoms with E-state index in [0.717, 1.165) is 6.54 Å². The van der Waals surface area contributed by atoms with E-state index in [1.165, 1.54) is 36.3 Å². The second kappa shape index (κ2) is 9.17. The number of rotatable bonds is 8. The standard InChI is InChI=1S/C23H25FN2O4/c1-25(2)13-4-14-26-20(15-5-9-17(24)10-6-15)19(22(28)23(26)29)21(27)16-7-11-18(30-3)12-8-16/h5-12,19-20H,4,13-14H2,1-3H3. The molecule has 1 saturated heterocycles. The predicted octanol–water partition coefficient (Wildman–Crippen LogP) is 2.74. The molecule has 1 amide bonds. The molecular formula is C23H25FN2O4. The Labute approximate surface area is 175 Å². The van der Waals surface area contributed by atoms with Crippen LogP contribution in [0.2, 0.25) is 0 Å². The van der Waals surface area contributed by atoms with Gasteiger partial charge in [-0.3, -0.25) is 14.4 Å². The van der Waals surface area contributed by atoms with Crippen LogP contribution in [0.5, 0.6) is 5.75 Å². The SMILES string of the molecule is COc1ccc(C(=O)C2C(=O)C(=O)N(CCCN(C)C)C2c2ccc(F)cc2)cc1. The van der Waals surface area contributed by atoms with Crippen molar-refractivity contribution in [3.63, 3.8) is 0 Å². The van der Waals surface area contributed by atoms with Crippen LogP contribution in [-0.2, 0) is 9.59 Å². The maximum atomic E-state index is 13.5. The normalized spacial score (nSPS) is 18.9. The third kappa shape index (κ3) is 4.41. The highest BCUT2D eigenvalue weighted by atomic mass is 19.1. The molecule has 0 saturated carbocycles. The number of likely N-dealkylation sites (tertiary alicyclic amines) is 1. The maximum Gasteiger partial charge on any atom is 0.291 e. The lowest BCUT2D eigenvalue weighted by Crippen LogP contribution is -2.33. The van der Waals surface area contributed by atoms with Crippen LogP contribution in [0.1, 0.15) is 28.4 Å². The van der Waals surface area contributed by atoms with Gasteiger partial charge in [-0.05, 0) is 69.0 Å². The van der Waals surface area contributed by atoms with E-state index in [0.29, 0.717) is 29.8 Å². The number of methoxy groups -OCH3 is 1. The van der Waals surface area contributed by atoms with E-state index in [-0.39, 0.29) is 0 Å². The van der Waals surface area contributed by atoms with Gasteiger partial charge >= 0.3 is 0 Å². The zero-order valence-corrected chi connectivity index (χ0v) is 17.3. The molecule has 7 heteroatoms. The summed E-state index contributed by atoms with van der Waals surface area (Å²) in [5.41, 5.74) is 0.886. The lowest BCUT2D eigenvalue weighted by Gasteiger charge is -2.27. The van der Waals surface area contributed by atoms with Crippen LogP contribution in [0.25, 0.3) is 0 Å². The number of benzene rings is 2. The number of hydrogen-bond donors (Lipinski definition) is 0. The van der Waals surface area contributed by atoms with Crippen molar-refractivity contribution in [1.82, 2.24) is 9.80 Å². The zero-order chi connectivity index (χ0) is 21.8. The Balaban J connectivity index is 1.97. The Hall–Kier alpha value is -3.06. The smallest absolute Gasteiger partial charge is 0.291 e. The number of nitrogens with zero attached hydrogens (tertiary/aromatic N) is 2. The molecule has 30 heavy (non-hydrogen) atoms. The van der Waals surface area contributed by atoms with Crippen molar-refractivity contribution in [2.45, 2.75) is 12.5 Å². The van der Waals surface area contributed by atoms with Gasteiger partial charge in [0, 0.05) is 12.1 Å². The van der Waals surface area contributed by atoms with Gasteiger partial charge < -0.3 is 14.5 Å². The monoisotopic (exact) mass is 412 g/mol. The van der Waals surface area contributed by atoms with Crippen molar-refractivity contribution in [2.75, 3.05) is 34.3 Å². The first kappa shape index (κ1) is 21.6. The number of ketones is 2. The third-order valence-electron chi connectivity index (χ3n) is 5.28. The summed E-state index contributed by atoms with van der Waals surface area (Å²) < 4.78 is 18.6. The van der Waals surface area contributed by atoms with E-state index in [1.807, 2.05) is 19.0 Å². The number of carbonyl (C=O) groups excluding carboxylic acids is 3. The molecule has 2 atom stereocenters. The number of halogens is 1. The topological polar surface area (TPSA) is 66.9 Å². The van der Waals surface area contributed by atoms with Crippen molar-refractivity contribution in [1.29, 1.82) is 0 Å². The van der Waals surface area contributed by atoms with Gasteiger partial charge in [-0.25, -0.2) is 4.39 Å². The van der Waals surface area contributed by atoms with E-state index in [9.17, 15) is 18.8 Å². The quantitative estimate of drug-likeness (QED) is 0.379. The predicted molar refractivity (Wildman–Crippen MR) is 110 cm³/mol. The lowest BCUT2D eigenvalue weighted by molar-refractivity contribution is -0.140. The van der Waals surface area contributed by atoms with Crippen LogP contribution in [0.3, 0.4) is 0 Å². The summed E-state index contributed by atoms with van der Waals surface area (Å²) in [5.74, 6) is -2.84. The van der Waals surface area contributed by atoms with Gasteiger partial charge in [-0.2, -0.15) is 0 Å². The van der Waals surface area contributed by atoms with Gasteiger partial charge in [-0.15, -0.1) is 0 Å². The van der Waals surface area contributed by atoms with Gasteiger partial charge in [0.1, 0.15) is 17.5 Å². The summed E-state index contributed by atoms with van der Waals surface area (Å²) >= 11 is 0. The minimum Gasteiger partial charge on any atom is -0.497 e. The molecule has 0 radical (unpaired) electrons. The largest absolute Gasteiger partial charge is 0.497 e. The molecule has 1 aliphatic rings. The highest BCUT2D eigenvalue weighted by Gasteiger charge is 2.51. The molecule has 158 valence electrons. The molecule has 2 aromatic carbocycles. The van der Waals surface area contributed by atoms with Crippen LogP contribution < -0.4 is 4.74 Å². The van der Waals surface area contributed by atoms with E-state index in [4.69, 9.17) is 4.74 Å². The average molecular weight is 412 g/mol. The number of amides is 1. The average Bonchev–Trinajstić information content (AvgIpc) is 2.98. The number of ether oxygens (including phenoxy) is 1. The summed E-state index contributed by atoms with van der Waals surface area (Å²) in [6, 6.07) is 11.3. The van der Waals surface area contributed by atoms with Gasteiger partial charge in [0.25, 0.3) is 5.91 Å². The van der Waals surface area contributed by atoms with Gasteiger partial charge in [0.2, 0.25) is 5.78 Å². The van der Waals surface area contributed by atoms with Crippen LogP contribution in [-0.4, -0.2) is 61.6 Å². The van der Waals surface area contributed by atoms with E-state index < -0.39 is 35.3 Å². The molecule has 1 fully saturated rings. The van der Waals surface area contributed by atoms with Crippen molar-refractivity contribution in [2.24, 2.45) is 5.92 Å². The lowest BCUT2D eigenvalue weighted by atomic mass is 9.86. The van der Waals surface area contributed by atoms with Crippen LogP contribution in [0, 0.1) is 11.7 Å². The molecule has 0 spiro atoms. The van der Waals surface area contributed by atoms with Gasteiger partial charge in [0.05, 0.1) is 13.2 Å². The molecule has 0 N–H and O–H groups in total. The van der Waals surface area contributed by atoms with Crippen LogP contribution >= 0.6 is 0 Å². The fraction of sp³-hybridized carbons (Fsp3) is 0.348. The van der Waals surface area contributed by atoms with Gasteiger partial charge in [-0.1, -0.05) is 12.1 Å². The Morgan fingerprint density at radius 1 is 1.07 bits per heavy atom. The molecule has 2 unspecified atom stereocenters. The molecule has 2 aromatic rings. The maximum absolute atomic E-state index is 13.5. The van der Waals surface area contributed by atoms with E-state index in [2.05, 4.69) is 0 Å². The molecule has 0 aliphatic carbocycles. The Morgan fingerprint density at radius 2 is 1.70 bits per heavy atom. The summed E-state index contributed by atoms with van der Waals surface area (Å²) in [6.07, 6.45) is 0.646. The van der Waals surface area contributed by atoms with E-state index >= 15 is 0 Å². The first-order chi connectivity index (χ1) is 14.3. The van der Waals surface area contributed by atoms with Gasteiger partial charge in [0.15, 0.2) is 5.78 Å². The second-order valence-corrected chi connectivity index (χ2v) is 7.59. The molecule has 0 aromatic heterocycles. The Bertz CT molecular complexity index is 925. The summed E-state index contributed by atoms with van der Waals surface area (Å²) in [4.78, 5) is 42.4. The molecular weight excluding hydrogens is 387 g/mol. The molecule has 6 nitrogen and oxygen atoms in total. The number of Topliss-reactive ketones (excluding diaryl/α,β-unsaturated/α-hetero) is 2. The van der Waals surface area contributed by atoms with Crippen molar-refractivity contribution < 1.29 is 23.5 Å². The molecule has 1 aliphatic heterocycles. The zero-order valence-electron chi connectivity index (χ0n) is 17.3. The highest BCUT2D eigenvalue weighted by molar-refractivity contribution is 6.44. The Morgan fingerprint density at radius 3 is 2.27 bits per heavy atom. The first-order valence-electron chi connectivity index (χ1n) is 9.76. The molecule has 3 rings (SSSR count). The van der Waals surface area contributed by atoms with Crippen molar-refractivity contribution >= 4 is 17.5 Å². The van der Waals surface area contributed by atoms with E-state index in [1.54, 1.807) is 24.3 Å². The van der Waals surface area contributed by atoms with Crippen LogP contribution in [0.15, 0.2) is 48.5 Å². The number of carbonyl (C=O) groups is 3. The van der Waals surface area contributed by atoms with Crippen LogP contribution in [0.4, 0.5) is 4.39 Å². The number of hydrogen-bond acceptors (Lipinski definition) is 5. The second-order valence-electron chi connectivity index (χ2n) is 7.59. The Kier molecular flexibility index (Phi) is 6.62. The highest BCUT2D eigenvalue weighted by Crippen LogP contribution is 2.38.